The molecule has 0 saturated heterocycles. The lowest BCUT2D eigenvalue weighted by molar-refractivity contribution is 0.0433. The van der Waals surface area contributed by atoms with Crippen LogP contribution in [0.3, 0.4) is 0 Å². The van der Waals surface area contributed by atoms with Crippen LogP contribution in [0.5, 0.6) is 11.5 Å². The third-order valence-electron chi connectivity index (χ3n) is 5.49. The summed E-state index contributed by atoms with van der Waals surface area (Å²) in [6.45, 7) is 4.63. The first-order chi connectivity index (χ1) is 16.5. The standard InChI is InChI=1S/C28H29NO5/c1-4-20(5-2)19-33-27(30)22-8-12-24(13-9-22)29-18-21-6-14-26(15-7-21)34-28(31)23-10-16-25(32-3)17-11-23/h6-18,20H,4-5,19H2,1-3H3. The van der Waals surface area contributed by atoms with Crippen LogP contribution in [-0.2, 0) is 4.74 Å². The SMILES string of the molecule is CCC(CC)COC(=O)c1ccc(N=Cc2ccc(OC(=O)c3ccc(OC)cc3)cc2)cc1. The molecule has 6 heteroatoms. The number of rotatable bonds is 10. The number of carbonyl (C=O) groups is 2. The first-order valence-electron chi connectivity index (χ1n) is 11.3. The minimum Gasteiger partial charge on any atom is -0.497 e. The topological polar surface area (TPSA) is 74.2 Å². The molecule has 0 aliphatic heterocycles. The molecule has 6 nitrogen and oxygen atoms in total. The fourth-order valence-electron chi connectivity index (χ4n) is 3.15. The van der Waals surface area contributed by atoms with Gasteiger partial charge in [0, 0.05) is 6.21 Å². The highest BCUT2D eigenvalue weighted by Gasteiger charge is 2.11. The van der Waals surface area contributed by atoms with Gasteiger partial charge in [-0.05, 0) is 84.3 Å². The monoisotopic (exact) mass is 459 g/mol. The van der Waals surface area contributed by atoms with E-state index in [0.29, 0.717) is 40.8 Å². The summed E-state index contributed by atoms with van der Waals surface area (Å²) >= 11 is 0. The number of benzene rings is 3. The maximum Gasteiger partial charge on any atom is 0.343 e. The second-order valence-electron chi connectivity index (χ2n) is 7.77. The second kappa shape index (κ2) is 12.3. The Labute approximate surface area is 200 Å². The Morgan fingerprint density at radius 1 is 0.794 bits per heavy atom. The Bertz CT molecular complexity index is 1100. The van der Waals surface area contributed by atoms with Crippen LogP contribution in [0.4, 0.5) is 5.69 Å². The van der Waals surface area contributed by atoms with Gasteiger partial charge in [-0.2, -0.15) is 0 Å². The van der Waals surface area contributed by atoms with Gasteiger partial charge in [-0.3, -0.25) is 4.99 Å². The maximum absolute atomic E-state index is 12.3. The Morgan fingerprint density at radius 3 is 1.94 bits per heavy atom. The average Bonchev–Trinajstić information content (AvgIpc) is 2.89. The van der Waals surface area contributed by atoms with Crippen LogP contribution in [0.1, 0.15) is 53.0 Å². The van der Waals surface area contributed by atoms with E-state index >= 15 is 0 Å². The van der Waals surface area contributed by atoms with Gasteiger partial charge in [0.25, 0.3) is 0 Å². The highest BCUT2D eigenvalue weighted by molar-refractivity contribution is 5.91. The lowest BCUT2D eigenvalue weighted by atomic mass is 10.1. The zero-order chi connectivity index (χ0) is 24.3. The van der Waals surface area contributed by atoms with Crippen LogP contribution in [0, 0.1) is 5.92 Å². The first kappa shape index (κ1) is 24.7. The van der Waals surface area contributed by atoms with E-state index in [-0.39, 0.29) is 5.97 Å². The molecule has 0 aliphatic carbocycles. The number of esters is 2. The van der Waals surface area contributed by atoms with E-state index in [1.54, 1.807) is 74.0 Å². The van der Waals surface area contributed by atoms with Crippen LogP contribution in [0.15, 0.2) is 77.8 Å². The lowest BCUT2D eigenvalue weighted by Crippen LogP contribution is -2.13. The number of hydrogen-bond acceptors (Lipinski definition) is 6. The molecule has 0 N–H and O–H groups in total. The van der Waals surface area contributed by atoms with Crippen molar-refractivity contribution in [2.24, 2.45) is 10.9 Å². The minimum atomic E-state index is -0.442. The summed E-state index contributed by atoms with van der Waals surface area (Å²) in [5, 5.41) is 0. The number of ether oxygens (including phenoxy) is 3. The van der Waals surface area contributed by atoms with Crippen LogP contribution in [-0.4, -0.2) is 31.9 Å². The summed E-state index contributed by atoms with van der Waals surface area (Å²) in [5.41, 5.74) is 2.51. The number of nitrogens with zero attached hydrogens (tertiary/aromatic N) is 1. The van der Waals surface area contributed by atoms with Crippen molar-refractivity contribution in [3.05, 3.63) is 89.5 Å². The highest BCUT2D eigenvalue weighted by Crippen LogP contribution is 2.18. The van der Waals surface area contributed by atoms with E-state index in [1.165, 1.54) is 0 Å². The van der Waals surface area contributed by atoms with Gasteiger partial charge in [0.15, 0.2) is 0 Å². The van der Waals surface area contributed by atoms with Gasteiger partial charge >= 0.3 is 11.9 Å². The van der Waals surface area contributed by atoms with Gasteiger partial charge in [0.1, 0.15) is 11.5 Å². The predicted molar refractivity (Wildman–Crippen MR) is 132 cm³/mol. The molecule has 0 unspecified atom stereocenters. The molecule has 0 atom stereocenters. The molecule has 3 aromatic rings. The third kappa shape index (κ3) is 7.04. The third-order valence-corrected chi connectivity index (χ3v) is 5.49. The highest BCUT2D eigenvalue weighted by atomic mass is 16.5. The quantitative estimate of drug-likeness (QED) is 0.203. The molecule has 0 heterocycles. The second-order valence-corrected chi connectivity index (χ2v) is 7.77. The fourth-order valence-corrected chi connectivity index (χ4v) is 3.15. The van der Waals surface area contributed by atoms with Gasteiger partial charge in [-0.15, -0.1) is 0 Å². The zero-order valence-electron chi connectivity index (χ0n) is 19.7. The van der Waals surface area contributed by atoms with Gasteiger partial charge in [0.2, 0.25) is 0 Å². The Morgan fingerprint density at radius 2 is 1.35 bits per heavy atom. The molecule has 3 rings (SSSR count). The molecule has 0 radical (unpaired) electrons. The van der Waals surface area contributed by atoms with E-state index in [0.717, 1.165) is 18.4 Å². The van der Waals surface area contributed by atoms with Gasteiger partial charge in [-0.1, -0.05) is 26.7 Å². The van der Waals surface area contributed by atoms with Crippen LogP contribution >= 0.6 is 0 Å². The molecule has 0 amide bonds. The van der Waals surface area contributed by atoms with Crippen molar-refractivity contribution < 1.29 is 23.8 Å². The van der Waals surface area contributed by atoms with Crippen molar-refractivity contribution >= 4 is 23.8 Å². The molecular weight excluding hydrogens is 430 g/mol. The van der Waals surface area contributed by atoms with Crippen LogP contribution in [0.25, 0.3) is 0 Å². The molecule has 0 aromatic heterocycles. The van der Waals surface area contributed by atoms with Gasteiger partial charge in [0.05, 0.1) is 30.5 Å². The maximum atomic E-state index is 12.3. The summed E-state index contributed by atoms with van der Waals surface area (Å²) < 4.78 is 15.9. The molecule has 0 saturated carbocycles. The van der Waals surface area contributed by atoms with Crippen molar-refractivity contribution in [3.63, 3.8) is 0 Å². The summed E-state index contributed by atoms with van der Waals surface area (Å²) in [6.07, 6.45) is 3.68. The molecule has 3 aromatic carbocycles. The number of aliphatic imine (C=N–C) groups is 1. The summed E-state index contributed by atoms with van der Waals surface area (Å²) in [4.78, 5) is 28.9. The molecule has 0 fully saturated rings. The van der Waals surface area contributed by atoms with E-state index in [1.807, 2.05) is 12.1 Å². The van der Waals surface area contributed by atoms with Gasteiger partial charge < -0.3 is 14.2 Å². The Hall–Kier alpha value is -3.93. The Kier molecular flexibility index (Phi) is 8.97. The zero-order valence-corrected chi connectivity index (χ0v) is 19.7. The van der Waals surface area contributed by atoms with Crippen molar-refractivity contribution in [3.8, 4) is 11.5 Å². The van der Waals surface area contributed by atoms with Crippen molar-refractivity contribution in [1.29, 1.82) is 0 Å². The molecule has 0 aliphatic rings. The van der Waals surface area contributed by atoms with Crippen molar-refractivity contribution in [2.45, 2.75) is 26.7 Å². The van der Waals surface area contributed by atoms with E-state index in [9.17, 15) is 9.59 Å². The lowest BCUT2D eigenvalue weighted by Gasteiger charge is -2.12. The fraction of sp³-hybridized carbons (Fsp3) is 0.250. The molecule has 176 valence electrons. The van der Waals surface area contributed by atoms with Crippen LogP contribution in [0.2, 0.25) is 0 Å². The largest absolute Gasteiger partial charge is 0.497 e. The van der Waals surface area contributed by atoms with Crippen molar-refractivity contribution in [2.75, 3.05) is 13.7 Å². The predicted octanol–water partition coefficient (Wildman–Crippen LogP) is 6.26. The smallest absolute Gasteiger partial charge is 0.343 e. The summed E-state index contributed by atoms with van der Waals surface area (Å²) in [5.74, 6) is 0.746. The number of hydrogen-bond donors (Lipinski definition) is 0. The molecule has 0 bridgehead atoms. The normalized spacial score (nSPS) is 10.9. The Balaban J connectivity index is 1.54. The molecule has 0 spiro atoms. The van der Waals surface area contributed by atoms with E-state index in [2.05, 4.69) is 18.8 Å². The van der Waals surface area contributed by atoms with Crippen LogP contribution < -0.4 is 9.47 Å². The molecule has 34 heavy (non-hydrogen) atoms. The van der Waals surface area contributed by atoms with E-state index in [4.69, 9.17) is 14.2 Å². The van der Waals surface area contributed by atoms with Crippen molar-refractivity contribution in [1.82, 2.24) is 0 Å². The number of carbonyl (C=O) groups excluding carboxylic acids is 2. The summed E-state index contributed by atoms with van der Waals surface area (Å²) in [6, 6.07) is 20.7. The van der Waals surface area contributed by atoms with E-state index < -0.39 is 5.97 Å². The minimum absolute atomic E-state index is 0.317. The van der Waals surface area contributed by atoms with Gasteiger partial charge in [-0.25, -0.2) is 9.59 Å². The number of methoxy groups -OCH3 is 1. The summed E-state index contributed by atoms with van der Waals surface area (Å²) in [7, 11) is 1.57. The molecular formula is C28H29NO5. The first-order valence-corrected chi connectivity index (χ1v) is 11.3. The average molecular weight is 460 g/mol.